The topological polar surface area (TPSA) is 71.4 Å². The third kappa shape index (κ3) is 4.16. The molecule has 1 N–H and O–H groups in total. The van der Waals surface area contributed by atoms with Gasteiger partial charge < -0.3 is 19.1 Å². The highest BCUT2D eigenvalue weighted by molar-refractivity contribution is 5.98. The molecule has 0 bridgehead atoms. The van der Waals surface area contributed by atoms with E-state index in [1.165, 1.54) is 0 Å². The van der Waals surface area contributed by atoms with E-state index in [0.29, 0.717) is 12.2 Å². The van der Waals surface area contributed by atoms with Gasteiger partial charge in [-0.1, -0.05) is 35.5 Å². The Balaban J connectivity index is 1.34. The first kappa shape index (κ1) is 18.8. The summed E-state index contributed by atoms with van der Waals surface area (Å²) in [5.41, 5.74) is 3.32. The number of aromatic amines is 1. The third-order valence-electron chi connectivity index (χ3n) is 4.95. The van der Waals surface area contributed by atoms with E-state index in [2.05, 4.69) is 10.1 Å². The number of ether oxygens (including phenoxy) is 1. The lowest BCUT2D eigenvalue weighted by atomic mass is 10.1. The number of nitrogens with zero attached hydrogens (tertiary/aromatic N) is 2. The fraction of sp³-hybridized carbons (Fsp3) is 0.217. The van der Waals surface area contributed by atoms with Crippen molar-refractivity contribution >= 4 is 16.8 Å². The first-order valence-electron chi connectivity index (χ1n) is 9.57. The molecule has 0 spiro atoms. The van der Waals surface area contributed by atoms with Crippen LogP contribution in [-0.2, 0) is 6.42 Å². The molecular formula is C23H23N3O3. The van der Waals surface area contributed by atoms with Crippen molar-refractivity contribution in [2.45, 2.75) is 12.8 Å². The Labute approximate surface area is 169 Å². The average molecular weight is 389 g/mol. The highest BCUT2D eigenvalue weighted by Gasteiger charge is 2.15. The molecule has 29 heavy (non-hydrogen) atoms. The Bertz CT molecular complexity index is 1110. The predicted octanol–water partition coefficient (Wildman–Crippen LogP) is 4.54. The van der Waals surface area contributed by atoms with Crippen molar-refractivity contribution in [1.82, 2.24) is 15.0 Å². The summed E-state index contributed by atoms with van der Waals surface area (Å²) in [6.07, 6.45) is 1.51. The summed E-state index contributed by atoms with van der Waals surface area (Å²) in [6, 6.07) is 19.5. The fourth-order valence-corrected chi connectivity index (χ4v) is 3.32. The van der Waals surface area contributed by atoms with Gasteiger partial charge in [0.15, 0.2) is 0 Å². The average Bonchev–Trinajstić information content (AvgIpc) is 3.40. The van der Waals surface area contributed by atoms with Gasteiger partial charge in [0.25, 0.3) is 5.91 Å². The van der Waals surface area contributed by atoms with E-state index in [1.54, 1.807) is 12.0 Å². The van der Waals surface area contributed by atoms with Gasteiger partial charge >= 0.3 is 0 Å². The molecule has 0 aliphatic carbocycles. The maximum atomic E-state index is 12.7. The maximum absolute atomic E-state index is 12.7. The molecule has 0 fully saturated rings. The summed E-state index contributed by atoms with van der Waals surface area (Å²) in [5, 5.41) is 5.12. The molecule has 148 valence electrons. The summed E-state index contributed by atoms with van der Waals surface area (Å²) < 4.78 is 10.7. The Morgan fingerprint density at radius 2 is 1.97 bits per heavy atom. The Morgan fingerprint density at radius 3 is 2.76 bits per heavy atom. The van der Waals surface area contributed by atoms with Crippen LogP contribution >= 0.6 is 0 Å². The van der Waals surface area contributed by atoms with Crippen LogP contribution in [0.1, 0.15) is 22.7 Å². The Morgan fingerprint density at radius 1 is 1.14 bits per heavy atom. The lowest BCUT2D eigenvalue weighted by Crippen LogP contribution is -2.28. The number of aromatic nitrogens is 2. The minimum Gasteiger partial charge on any atom is -0.497 e. The Kier molecular flexibility index (Phi) is 5.33. The first-order valence-corrected chi connectivity index (χ1v) is 9.57. The number of benzene rings is 2. The molecule has 6 heteroatoms. The van der Waals surface area contributed by atoms with E-state index in [1.807, 2.05) is 67.7 Å². The smallest absolute Gasteiger partial charge is 0.270 e. The minimum atomic E-state index is -0.0392. The monoisotopic (exact) mass is 389 g/mol. The third-order valence-corrected chi connectivity index (χ3v) is 4.95. The Hall–Kier alpha value is -3.54. The quantitative estimate of drug-likeness (QED) is 0.504. The van der Waals surface area contributed by atoms with E-state index in [4.69, 9.17) is 9.26 Å². The second-order valence-electron chi connectivity index (χ2n) is 7.01. The number of carbonyl (C=O) groups is 1. The molecule has 0 radical (unpaired) electrons. The number of amides is 1. The molecule has 0 atom stereocenters. The number of carbonyl (C=O) groups excluding carboxylic acids is 1. The summed E-state index contributed by atoms with van der Waals surface area (Å²) >= 11 is 0. The zero-order valence-corrected chi connectivity index (χ0v) is 16.5. The van der Waals surface area contributed by atoms with Crippen molar-refractivity contribution in [3.63, 3.8) is 0 Å². The number of aryl methyl sites for hydroxylation is 1. The van der Waals surface area contributed by atoms with Crippen LogP contribution in [0.2, 0.25) is 0 Å². The number of hydrogen-bond acceptors (Lipinski definition) is 4. The number of H-pyrrole nitrogens is 1. The van der Waals surface area contributed by atoms with Gasteiger partial charge in [0, 0.05) is 48.6 Å². The van der Waals surface area contributed by atoms with Gasteiger partial charge in [-0.2, -0.15) is 0 Å². The number of hydrogen-bond donors (Lipinski definition) is 1. The van der Waals surface area contributed by atoms with Crippen molar-refractivity contribution < 1.29 is 14.1 Å². The van der Waals surface area contributed by atoms with Crippen LogP contribution in [0.25, 0.3) is 22.2 Å². The first-order chi connectivity index (χ1) is 14.1. The minimum absolute atomic E-state index is 0.0392. The van der Waals surface area contributed by atoms with Crippen molar-refractivity contribution in [3.05, 3.63) is 72.1 Å². The highest BCUT2D eigenvalue weighted by Crippen LogP contribution is 2.22. The van der Waals surface area contributed by atoms with Gasteiger partial charge in [-0.15, -0.1) is 0 Å². The van der Waals surface area contributed by atoms with Crippen molar-refractivity contribution in [2.75, 3.05) is 20.7 Å². The van der Waals surface area contributed by atoms with E-state index in [9.17, 15) is 4.79 Å². The lowest BCUT2D eigenvalue weighted by molar-refractivity contribution is 0.0788. The molecule has 0 unspecified atom stereocenters. The number of fused-ring (bicyclic) bond motifs is 1. The van der Waals surface area contributed by atoms with Crippen LogP contribution < -0.4 is 4.74 Å². The van der Waals surface area contributed by atoms with Gasteiger partial charge in [0.2, 0.25) is 0 Å². The van der Waals surface area contributed by atoms with Crippen LogP contribution in [0.5, 0.6) is 5.75 Å². The molecule has 2 aromatic heterocycles. The molecule has 6 nitrogen and oxygen atoms in total. The normalized spacial score (nSPS) is 11.0. The summed E-state index contributed by atoms with van der Waals surface area (Å²) in [6.45, 7) is 0.624. The van der Waals surface area contributed by atoms with Gasteiger partial charge in [-0.05, 0) is 24.6 Å². The van der Waals surface area contributed by atoms with E-state index < -0.39 is 0 Å². The number of nitrogens with one attached hydrogen (secondary N) is 1. The van der Waals surface area contributed by atoms with Crippen molar-refractivity contribution in [1.29, 1.82) is 0 Å². The summed E-state index contributed by atoms with van der Waals surface area (Å²) in [4.78, 5) is 17.6. The van der Waals surface area contributed by atoms with Crippen LogP contribution in [0, 0.1) is 0 Å². The molecule has 0 aliphatic rings. The molecule has 2 heterocycles. The second kappa shape index (κ2) is 8.22. The second-order valence-corrected chi connectivity index (χ2v) is 7.01. The van der Waals surface area contributed by atoms with Gasteiger partial charge in [0.1, 0.15) is 22.9 Å². The van der Waals surface area contributed by atoms with Crippen LogP contribution in [0.3, 0.4) is 0 Å². The summed E-state index contributed by atoms with van der Waals surface area (Å²) in [5.74, 6) is 1.54. The fourth-order valence-electron chi connectivity index (χ4n) is 3.32. The standard InChI is InChI=1S/C23H23N3O3/c1-26(23(27)22-13-17-10-11-18(28-2)14-20(17)24-22)12-6-9-19-15-21(25-29-19)16-7-4-3-5-8-16/h3-5,7-8,10-11,13-15,24H,6,9,12H2,1-2H3. The zero-order valence-electron chi connectivity index (χ0n) is 16.5. The zero-order chi connectivity index (χ0) is 20.2. The molecule has 0 saturated carbocycles. The van der Waals surface area contributed by atoms with Crippen LogP contribution in [0.15, 0.2) is 65.2 Å². The van der Waals surface area contributed by atoms with Gasteiger partial charge in [0.05, 0.1) is 7.11 Å². The molecule has 2 aromatic carbocycles. The number of rotatable bonds is 7. The number of methoxy groups -OCH3 is 1. The molecule has 4 aromatic rings. The molecular weight excluding hydrogens is 366 g/mol. The summed E-state index contributed by atoms with van der Waals surface area (Å²) in [7, 11) is 3.44. The SMILES string of the molecule is COc1ccc2cc(C(=O)N(C)CCCc3cc(-c4ccccc4)no3)[nH]c2c1. The van der Waals surface area contributed by atoms with Crippen LogP contribution in [-0.4, -0.2) is 41.6 Å². The van der Waals surface area contributed by atoms with Gasteiger partial charge in [-0.3, -0.25) is 4.79 Å². The molecule has 4 rings (SSSR count). The lowest BCUT2D eigenvalue weighted by Gasteiger charge is -2.15. The van der Waals surface area contributed by atoms with Crippen molar-refractivity contribution in [2.24, 2.45) is 0 Å². The maximum Gasteiger partial charge on any atom is 0.270 e. The largest absolute Gasteiger partial charge is 0.497 e. The van der Waals surface area contributed by atoms with Gasteiger partial charge in [-0.25, -0.2) is 0 Å². The highest BCUT2D eigenvalue weighted by atomic mass is 16.5. The predicted molar refractivity (Wildman–Crippen MR) is 112 cm³/mol. The van der Waals surface area contributed by atoms with Crippen molar-refractivity contribution in [3.8, 4) is 17.0 Å². The molecule has 0 aliphatic heterocycles. The van der Waals surface area contributed by atoms with E-state index in [0.717, 1.165) is 46.5 Å². The van der Waals surface area contributed by atoms with E-state index >= 15 is 0 Å². The molecule has 1 amide bonds. The molecule has 0 saturated heterocycles. The van der Waals surface area contributed by atoms with E-state index in [-0.39, 0.29) is 5.91 Å². The van der Waals surface area contributed by atoms with Crippen LogP contribution in [0.4, 0.5) is 0 Å².